The van der Waals surface area contributed by atoms with Crippen LogP contribution in [0.4, 0.5) is 0 Å². The second kappa shape index (κ2) is 7.67. The zero-order valence-corrected chi connectivity index (χ0v) is 15.2. The maximum atomic E-state index is 12.7. The topological polar surface area (TPSA) is 73.1 Å². The van der Waals surface area contributed by atoms with Crippen LogP contribution in [0.15, 0.2) is 54.6 Å². The van der Waals surface area contributed by atoms with Crippen LogP contribution in [0.1, 0.15) is 17.5 Å². The number of morpholine rings is 1. The number of aromatic nitrogens is 4. The summed E-state index contributed by atoms with van der Waals surface area (Å²) in [6, 6.07) is 18.4. The number of amides is 1. The normalized spacial score (nSPS) is 17.1. The van der Waals surface area contributed by atoms with E-state index in [-0.39, 0.29) is 12.0 Å². The van der Waals surface area contributed by atoms with Gasteiger partial charge in [-0.1, -0.05) is 54.6 Å². The fourth-order valence-corrected chi connectivity index (χ4v) is 3.19. The molecule has 0 saturated carbocycles. The van der Waals surface area contributed by atoms with Gasteiger partial charge in [0.1, 0.15) is 6.10 Å². The molecule has 4 rings (SSSR count). The number of aryl methyl sites for hydroxylation is 1. The highest BCUT2D eigenvalue weighted by Crippen LogP contribution is 2.21. The third-order valence-electron chi connectivity index (χ3n) is 4.65. The van der Waals surface area contributed by atoms with Gasteiger partial charge in [-0.05, 0) is 21.9 Å². The van der Waals surface area contributed by atoms with E-state index in [2.05, 4.69) is 39.7 Å². The number of nitrogens with zero attached hydrogens (tertiary/aromatic N) is 5. The average Bonchev–Trinajstić information content (AvgIpc) is 3.16. The van der Waals surface area contributed by atoms with Gasteiger partial charge in [0.05, 0.1) is 26.6 Å². The maximum Gasteiger partial charge on any atom is 0.227 e. The molecule has 7 heteroatoms. The number of carbonyl (C=O) groups excluding carboxylic acids is 1. The SMILES string of the molecule is Cn1nnc(C2CN(C(=O)Cc3ccc(-c4ccccc4)cc3)CCO2)n1. The highest BCUT2D eigenvalue weighted by Gasteiger charge is 2.28. The van der Waals surface area contributed by atoms with Crippen molar-refractivity contribution in [1.82, 2.24) is 25.1 Å². The molecule has 1 aliphatic heterocycles. The van der Waals surface area contributed by atoms with Crippen molar-refractivity contribution in [2.24, 2.45) is 7.05 Å². The Bertz CT molecular complexity index is 908. The first-order chi connectivity index (χ1) is 13.2. The highest BCUT2D eigenvalue weighted by atomic mass is 16.5. The molecule has 27 heavy (non-hydrogen) atoms. The number of carbonyl (C=O) groups is 1. The van der Waals surface area contributed by atoms with Crippen molar-refractivity contribution in [2.75, 3.05) is 19.7 Å². The van der Waals surface area contributed by atoms with Crippen molar-refractivity contribution < 1.29 is 9.53 Å². The van der Waals surface area contributed by atoms with Crippen LogP contribution in [0.5, 0.6) is 0 Å². The lowest BCUT2D eigenvalue weighted by atomic mass is 10.0. The van der Waals surface area contributed by atoms with Crippen LogP contribution in [0.3, 0.4) is 0 Å². The lowest BCUT2D eigenvalue weighted by Crippen LogP contribution is -2.43. The summed E-state index contributed by atoms with van der Waals surface area (Å²) >= 11 is 0. The molecule has 1 saturated heterocycles. The van der Waals surface area contributed by atoms with Gasteiger partial charge in [0.15, 0.2) is 0 Å². The molecule has 1 aliphatic rings. The zero-order chi connectivity index (χ0) is 18.6. The molecular formula is C20H21N5O2. The molecule has 2 aromatic carbocycles. The summed E-state index contributed by atoms with van der Waals surface area (Å²) in [6.45, 7) is 1.51. The van der Waals surface area contributed by atoms with Crippen molar-refractivity contribution >= 4 is 5.91 Å². The van der Waals surface area contributed by atoms with Gasteiger partial charge in [0.2, 0.25) is 11.7 Å². The first kappa shape index (κ1) is 17.4. The molecular weight excluding hydrogens is 342 g/mol. The van der Waals surface area contributed by atoms with Gasteiger partial charge in [0, 0.05) is 6.54 Å². The summed E-state index contributed by atoms with van der Waals surface area (Å²) in [5.41, 5.74) is 3.31. The van der Waals surface area contributed by atoms with Crippen LogP contribution in [0.2, 0.25) is 0 Å². The molecule has 138 valence electrons. The highest BCUT2D eigenvalue weighted by molar-refractivity contribution is 5.79. The summed E-state index contributed by atoms with van der Waals surface area (Å²) < 4.78 is 5.70. The Balaban J connectivity index is 1.40. The summed E-state index contributed by atoms with van der Waals surface area (Å²) in [5, 5.41) is 12.0. The largest absolute Gasteiger partial charge is 0.366 e. The second-order valence-corrected chi connectivity index (χ2v) is 6.58. The second-order valence-electron chi connectivity index (χ2n) is 6.58. The Morgan fingerprint density at radius 1 is 1.11 bits per heavy atom. The average molecular weight is 363 g/mol. The standard InChI is InChI=1S/C20H21N5O2/c1-24-22-20(21-23-24)18-14-25(11-12-27-18)19(26)13-15-7-9-17(10-8-15)16-5-3-2-4-6-16/h2-10,18H,11-14H2,1H3. The van der Waals surface area contributed by atoms with Gasteiger partial charge in [-0.25, -0.2) is 0 Å². The van der Waals surface area contributed by atoms with Crippen molar-refractivity contribution in [1.29, 1.82) is 0 Å². The lowest BCUT2D eigenvalue weighted by Gasteiger charge is -2.31. The van der Waals surface area contributed by atoms with E-state index in [0.29, 0.717) is 31.9 Å². The maximum absolute atomic E-state index is 12.7. The molecule has 1 amide bonds. The number of benzene rings is 2. The Morgan fingerprint density at radius 3 is 2.56 bits per heavy atom. The molecule has 1 fully saturated rings. The summed E-state index contributed by atoms with van der Waals surface area (Å²) in [6.07, 6.45) is 0.0484. The van der Waals surface area contributed by atoms with Crippen molar-refractivity contribution in [3.8, 4) is 11.1 Å². The minimum atomic E-state index is -0.322. The number of tetrazole rings is 1. The third-order valence-corrected chi connectivity index (χ3v) is 4.65. The van der Waals surface area contributed by atoms with E-state index >= 15 is 0 Å². The molecule has 7 nitrogen and oxygen atoms in total. The fraction of sp³-hybridized carbons (Fsp3) is 0.300. The van der Waals surface area contributed by atoms with Crippen molar-refractivity contribution in [3.05, 3.63) is 66.0 Å². The van der Waals surface area contributed by atoms with Crippen LogP contribution < -0.4 is 0 Å². The van der Waals surface area contributed by atoms with E-state index in [1.54, 1.807) is 7.05 Å². The van der Waals surface area contributed by atoms with Crippen LogP contribution in [0.25, 0.3) is 11.1 Å². The van der Waals surface area contributed by atoms with E-state index < -0.39 is 0 Å². The quantitative estimate of drug-likeness (QED) is 0.709. The van der Waals surface area contributed by atoms with Crippen LogP contribution in [-0.4, -0.2) is 50.7 Å². The number of hydrogen-bond acceptors (Lipinski definition) is 5. The monoisotopic (exact) mass is 363 g/mol. The summed E-state index contributed by atoms with van der Waals surface area (Å²) in [4.78, 5) is 15.9. The molecule has 0 radical (unpaired) electrons. The Hall–Kier alpha value is -3.06. The molecule has 1 atom stereocenters. The van der Waals surface area contributed by atoms with Gasteiger partial charge in [0.25, 0.3) is 0 Å². The Morgan fingerprint density at radius 2 is 1.85 bits per heavy atom. The molecule has 0 spiro atoms. The first-order valence-corrected chi connectivity index (χ1v) is 8.97. The van der Waals surface area contributed by atoms with Gasteiger partial charge >= 0.3 is 0 Å². The Labute approximate surface area is 157 Å². The minimum absolute atomic E-state index is 0.0830. The summed E-state index contributed by atoms with van der Waals surface area (Å²) in [5.74, 6) is 0.599. The minimum Gasteiger partial charge on any atom is -0.366 e. The van der Waals surface area contributed by atoms with E-state index in [9.17, 15) is 4.79 Å². The zero-order valence-electron chi connectivity index (χ0n) is 15.2. The van der Waals surface area contributed by atoms with Crippen LogP contribution in [-0.2, 0) is 23.0 Å². The van der Waals surface area contributed by atoms with E-state index in [4.69, 9.17) is 4.74 Å². The summed E-state index contributed by atoms with van der Waals surface area (Å²) in [7, 11) is 1.71. The Kier molecular flexibility index (Phi) is 4.93. The van der Waals surface area contributed by atoms with E-state index in [1.807, 2.05) is 35.2 Å². The molecule has 0 aliphatic carbocycles. The molecule has 2 heterocycles. The lowest BCUT2D eigenvalue weighted by molar-refractivity contribution is -0.138. The molecule has 0 bridgehead atoms. The molecule has 1 aromatic heterocycles. The van der Waals surface area contributed by atoms with Gasteiger partial charge in [-0.2, -0.15) is 4.80 Å². The van der Waals surface area contributed by atoms with E-state index in [0.717, 1.165) is 11.1 Å². The third kappa shape index (κ3) is 4.03. The number of rotatable bonds is 4. The number of ether oxygens (including phenoxy) is 1. The predicted octanol–water partition coefficient (Wildman–Crippen LogP) is 2.02. The van der Waals surface area contributed by atoms with Gasteiger partial charge in [-0.15, -0.1) is 10.2 Å². The van der Waals surface area contributed by atoms with Crippen molar-refractivity contribution in [2.45, 2.75) is 12.5 Å². The van der Waals surface area contributed by atoms with Gasteiger partial charge < -0.3 is 9.64 Å². The molecule has 1 unspecified atom stereocenters. The number of hydrogen-bond donors (Lipinski definition) is 0. The smallest absolute Gasteiger partial charge is 0.227 e. The van der Waals surface area contributed by atoms with Crippen molar-refractivity contribution in [3.63, 3.8) is 0 Å². The van der Waals surface area contributed by atoms with Gasteiger partial charge in [-0.3, -0.25) is 4.79 Å². The first-order valence-electron chi connectivity index (χ1n) is 8.97. The van der Waals surface area contributed by atoms with Crippen LogP contribution >= 0.6 is 0 Å². The molecule has 3 aromatic rings. The predicted molar refractivity (Wildman–Crippen MR) is 99.7 cm³/mol. The molecule has 0 N–H and O–H groups in total. The van der Waals surface area contributed by atoms with E-state index in [1.165, 1.54) is 10.4 Å². The fourth-order valence-electron chi connectivity index (χ4n) is 3.19. The van der Waals surface area contributed by atoms with Crippen LogP contribution in [0, 0.1) is 0 Å².